The molecule has 19 heavy (non-hydrogen) atoms. The molecule has 1 amide bonds. The molecule has 0 saturated heterocycles. The van der Waals surface area contributed by atoms with E-state index < -0.39 is 11.7 Å². The van der Waals surface area contributed by atoms with Gasteiger partial charge in [0.25, 0.3) is 0 Å². The lowest BCUT2D eigenvalue weighted by Crippen LogP contribution is -2.34. The van der Waals surface area contributed by atoms with Crippen molar-refractivity contribution < 1.29 is 18.0 Å². The third-order valence-electron chi connectivity index (χ3n) is 2.67. The Morgan fingerprint density at radius 2 is 2.05 bits per heavy atom. The number of hydrogen-bond donors (Lipinski definition) is 2. The molecule has 0 bridgehead atoms. The smallest absolute Gasteiger partial charge is 0.365 e. The van der Waals surface area contributed by atoms with Gasteiger partial charge in [0, 0.05) is 26.3 Å². The van der Waals surface area contributed by atoms with Crippen molar-refractivity contribution in [2.75, 3.05) is 25.5 Å². The molecule has 0 saturated carbocycles. The number of carbonyl (C=O) groups is 1. The van der Waals surface area contributed by atoms with Crippen LogP contribution in [-0.4, -0.2) is 26.5 Å². The van der Waals surface area contributed by atoms with Gasteiger partial charge >= 0.3 is 6.18 Å². The monoisotopic (exact) mass is 275 g/mol. The van der Waals surface area contributed by atoms with E-state index in [0.717, 1.165) is 6.07 Å². The lowest BCUT2D eigenvalue weighted by Gasteiger charge is -2.23. The molecule has 0 heterocycles. The summed E-state index contributed by atoms with van der Waals surface area (Å²) in [4.78, 5) is 12.5. The van der Waals surface area contributed by atoms with Crippen LogP contribution in [0.2, 0.25) is 0 Å². The van der Waals surface area contributed by atoms with E-state index in [2.05, 4.69) is 5.32 Å². The standard InChI is InChI=1S/C12H16F3N3O/c1-17-11(19)7-18(2)10-4-3-8(6-16)5-9(10)12(13,14)15/h3-5H,6-7,16H2,1-2H3,(H,17,19). The molecular formula is C12H16F3N3O. The van der Waals surface area contributed by atoms with E-state index in [1.165, 1.54) is 31.1 Å². The first-order valence-electron chi connectivity index (χ1n) is 5.61. The summed E-state index contributed by atoms with van der Waals surface area (Å²) in [7, 11) is 2.86. The van der Waals surface area contributed by atoms with Gasteiger partial charge in [-0.1, -0.05) is 6.07 Å². The highest BCUT2D eigenvalue weighted by Gasteiger charge is 2.34. The molecule has 0 radical (unpaired) electrons. The van der Waals surface area contributed by atoms with Gasteiger partial charge in [0.05, 0.1) is 12.1 Å². The first-order chi connectivity index (χ1) is 8.79. The third-order valence-corrected chi connectivity index (χ3v) is 2.67. The van der Waals surface area contributed by atoms with Crippen molar-refractivity contribution in [1.82, 2.24) is 5.32 Å². The molecule has 0 aromatic heterocycles. The number of amides is 1. The summed E-state index contributed by atoms with van der Waals surface area (Å²) in [5.41, 5.74) is 4.90. The zero-order valence-electron chi connectivity index (χ0n) is 10.7. The quantitative estimate of drug-likeness (QED) is 0.872. The predicted molar refractivity (Wildman–Crippen MR) is 66.7 cm³/mol. The highest BCUT2D eigenvalue weighted by molar-refractivity contribution is 5.81. The third kappa shape index (κ3) is 3.85. The topological polar surface area (TPSA) is 58.4 Å². The molecule has 0 atom stereocenters. The van der Waals surface area contributed by atoms with Crippen LogP contribution in [0.1, 0.15) is 11.1 Å². The van der Waals surface area contributed by atoms with Crippen LogP contribution >= 0.6 is 0 Å². The molecular weight excluding hydrogens is 259 g/mol. The van der Waals surface area contributed by atoms with Gasteiger partial charge in [-0.05, 0) is 17.7 Å². The summed E-state index contributed by atoms with van der Waals surface area (Å²) in [6.07, 6.45) is -4.49. The fourth-order valence-corrected chi connectivity index (χ4v) is 1.65. The fourth-order valence-electron chi connectivity index (χ4n) is 1.65. The molecule has 7 heteroatoms. The van der Waals surface area contributed by atoms with E-state index in [9.17, 15) is 18.0 Å². The molecule has 0 unspecified atom stereocenters. The maximum Gasteiger partial charge on any atom is 0.418 e. The van der Waals surface area contributed by atoms with Crippen LogP contribution in [0.5, 0.6) is 0 Å². The minimum Gasteiger partial charge on any atom is -0.365 e. The molecule has 1 aromatic rings. The molecule has 0 aliphatic carbocycles. The SMILES string of the molecule is CNC(=O)CN(C)c1ccc(CN)cc1C(F)(F)F. The van der Waals surface area contributed by atoms with Crippen molar-refractivity contribution in [2.24, 2.45) is 5.73 Å². The van der Waals surface area contributed by atoms with E-state index in [4.69, 9.17) is 5.73 Å². The second-order valence-electron chi connectivity index (χ2n) is 4.08. The van der Waals surface area contributed by atoms with Gasteiger partial charge in [-0.3, -0.25) is 4.79 Å². The lowest BCUT2D eigenvalue weighted by molar-refractivity contribution is -0.137. The Bertz CT molecular complexity index is 460. The Balaban J connectivity index is 3.15. The van der Waals surface area contributed by atoms with E-state index in [-0.39, 0.29) is 24.7 Å². The molecule has 3 N–H and O–H groups in total. The van der Waals surface area contributed by atoms with Gasteiger partial charge in [0.15, 0.2) is 0 Å². The van der Waals surface area contributed by atoms with E-state index in [0.29, 0.717) is 5.56 Å². The van der Waals surface area contributed by atoms with Gasteiger partial charge in [-0.2, -0.15) is 13.2 Å². The normalized spacial score (nSPS) is 11.3. The van der Waals surface area contributed by atoms with Gasteiger partial charge in [-0.15, -0.1) is 0 Å². The molecule has 106 valence electrons. The number of likely N-dealkylation sites (N-methyl/N-ethyl adjacent to an activating group) is 2. The minimum absolute atomic E-state index is 0.0303. The average Bonchev–Trinajstić information content (AvgIpc) is 2.36. The number of hydrogen-bond acceptors (Lipinski definition) is 3. The van der Waals surface area contributed by atoms with E-state index in [1.54, 1.807) is 0 Å². The second-order valence-corrected chi connectivity index (χ2v) is 4.08. The Morgan fingerprint density at radius 1 is 1.42 bits per heavy atom. The highest BCUT2D eigenvalue weighted by Crippen LogP contribution is 2.36. The molecule has 0 spiro atoms. The van der Waals surface area contributed by atoms with E-state index >= 15 is 0 Å². The van der Waals surface area contributed by atoms with Gasteiger partial charge in [0.1, 0.15) is 0 Å². The number of halogens is 3. The summed E-state index contributed by atoms with van der Waals surface area (Å²) in [6.45, 7) is -0.121. The van der Waals surface area contributed by atoms with Crippen molar-refractivity contribution in [2.45, 2.75) is 12.7 Å². The van der Waals surface area contributed by atoms with Crippen LogP contribution in [-0.2, 0) is 17.5 Å². The van der Waals surface area contributed by atoms with Crippen LogP contribution in [0.25, 0.3) is 0 Å². The van der Waals surface area contributed by atoms with Crippen molar-refractivity contribution in [3.05, 3.63) is 29.3 Å². The van der Waals surface area contributed by atoms with Crippen molar-refractivity contribution >= 4 is 11.6 Å². The van der Waals surface area contributed by atoms with Crippen molar-refractivity contribution in [3.63, 3.8) is 0 Å². The predicted octanol–water partition coefficient (Wildman–Crippen LogP) is 1.35. The maximum atomic E-state index is 13.0. The summed E-state index contributed by atoms with van der Waals surface area (Å²) in [5, 5.41) is 2.36. The zero-order chi connectivity index (χ0) is 14.6. The Morgan fingerprint density at radius 3 is 2.53 bits per heavy atom. The number of nitrogens with two attached hydrogens (primary N) is 1. The number of benzene rings is 1. The first-order valence-corrected chi connectivity index (χ1v) is 5.61. The average molecular weight is 275 g/mol. The van der Waals surface area contributed by atoms with Crippen LogP contribution in [0.4, 0.5) is 18.9 Å². The Hall–Kier alpha value is -1.76. The number of nitrogens with one attached hydrogen (secondary N) is 1. The summed E-state index contributed by atoms with van der Waals surface area (Å²) in [6, 6.07) is 3.86. The molecule has 0 aliphatic rings. The molecule has 4 nitrogen and oxygen atoms in total. The lowest BCUT2D eigenvalue weighted by atomic mass is 10.1. The van der Waals surface area contributed by atoms with Crippen LogP contribution in [0.3, 0.4) is 0 Å². The highest BCUT2D eigenvalue weighted by atomic mass is 19.4. The van der Waals surface area contributed by atoms with Crippen LogP contribution in [0, 0.1) is 0 Å². The second kappa shape index (κ2) is 5.92. The van der Waals surface area contributed by atoms with Crippen molar-refractivity contribution in [1.29, 1.82) is 0 Å². The van der Waals surface area contributed by atoms with Gasteiger partial charge in [0.2, 0.25) is 5.91 Å². The van der Waals surface area contributed by atoms with Gasteiger partial charge in [-0.25, -0.2) is 0 Å². The minimum atomic E-state index is -4.49. The molecule has 0 aliphatic heterocycles. The summed E-state index contributed by atoms with van der Waals surface area (Å²) < 4.78 is 38.9. The number of anilines is 1. The largest absolute Gasteiger partial charge is 0.418 e. The summed E-state index contributed by atoms with van der Waals surface area (Å²) >= 11 is 0. The van der Waals surface area contributed by atoms with E-state index in [1.807, 2.05) is 0 Å². The van der Waals surface area contributed by atoms with Crippen molar-refractivity contribution in [3.8, 4) is 0 Å². The number of alkyl halides is 3. The fraction of sp³-hybridized carbons (Fsp3) is 0.417. The van der Waals surface area contributed by atoms with Gasteiger partial charge < -0.3 is 16.0 Å². The maximum absolute atomic E-state index is 13.0. The number of carbonyl (C=O) groups excluding carboxylic acids is 1. The summed E-state index contributed by atoms with van der Waals surface area (Å²) in [5.74, 6) is -0.362. The zero-order valence-corrected chi connectivity index (χ0v) is 10.7. The van der Waals surface area contributed by atoms with Crippen LogP contribution in [0.15, 0.2) is 18.2 Å². The Labute approximate surface area is 109 Å². The molecule has 0 fully saturated rings. The van der Waals surface area contributed by atoms with Crippen LogP contribution < -0.4 is 16.0 Å². The first kappa shape index (κ1) is 15.3. The number of nitrogens with zero attached hydrogens (tertiary/aromatic N) is 1. The molecule has 1 aromatic carbocycles. The molecule has 1 rings (SSSR count). The Kier molecular flexibility index (Phi) is 4.77. The number of rotatable bonds is 4.